The van der Waals surface area contributed by atoms with Crippen molar-refractivity contribution in [1.29, 1.82) is 5.26 Å². The second kappa shape index (κ2) is 8.81. The number of carbonyl (C=O) groups excluding carboxylic acids is 2. The highest BCUT2D eigenvalue weighted by Gasteiger charge is 2.53. The van der Waals surface area contributed by atoms with Crippen LogP contribution in [0.1, 0.15) is 49.7 Å². The normalized spacial score (nSPS) is 16.9. The van der Waals surface area contributed by atoms with E-state index in [1.54, 1.807) is 24.3 Å². The minimum Gasteiger partial charge on any atom is -0.386 e. The molecule has 0 bridgehead atoms. The SMILES string of the molecule is CNc1ccc(C2(C(=O)C3CCCC3)CC2)cc1NC(=O)CNc1ccc(C#N)cc1. The van der Waals surface area contributed by atoms with Crippen molar-refractivity contribution in [2.24, 2.45) is 5.92 Å². The van der Waals surface area contributed by atoms with Gasteiger partial charge in [0.2, 0.25) is 5.91 Å². The number of nitrogens with zero attached hydrogens (tertiary/aromatic N) is 1. The van der Waals surface area contributed by atoms with E-state index < -0.39 is 0 Å². The monoisotopic (exact) mass is 416 g/mol. The highest BCUT2D eigenvalue weighted by Crippen LogP contribution is 2.53. The van der Waals surface area contributed by atoms with Gasteiger partial charge >= 0.3 is 0 Å². The molecule has 0 heterocycles. The maximum absolute atomic E-state index is 13.2. The molecule has 0 unspecified atom stereocenters. The largest absolute Gasteiger partial charge is 0.386 e. The highest BCUT2D eigenvalue weighted by molar-refractivity contribution is 5.99. The predicted molar refractivity (Wildman–Crippen MR) is 122 cm³/mol. The van der Waals surface area contributed by atoms with Crippen molar-refractivity contribution >= 4 is 28.8 Å². The summed E-state index contributed by atoms with van der Waals surface area (Å²) >= 11 is 0. The van der Waals surface area contributed by atoms with Gasteiger partial charge in [-0.2, -0.15) is 5.26 Å². The Kier molecular flexibility index (Phi) is 5.94. The van der Waals surface area contributed by atoms with Crippen molar-refractivity contribution in [3.63, 3.8) is 0 Å². The van der Waals surface area contributed by atoms with E-state index in [9.17, 15) is 9.59 Å². The Labute approximate surface area is 183 Å². The molecule has 31 heavy (non-hydrogen) atoms. The molecule has 0 spiro atoms. The fourth-order valence-electron chi connectivity index (χ4n) is 4.58. The number of amides is 1. The van der Waals surface area contributed by atoms with Gasteiger partial charge in [0.1, 0.15) is 5.78 Å². The Balaban J connectivity index is 1.45. The van der Waals surface area contributed by atoms with E-state index in [-0.39, 0.29) is 23.8 Å². The lowest BCUT2D eigenvalue weighted by Gasteiger charge is -2.21. The molecule has 0 aliphatic heterocycles. The lowest BCUT2D eigenvalue weighted by atomic mass is 9.83. The van der Waals surface area contributed by atoms with Crippen LogP contribution in [0, 0.1) is 17.2 Å². The average Bonchev–Trinajstić information content (AvgIpc) is 3.43. The summed E-state index contributed by atoms with van der Waals surface area (Å²) in [6.07, 6.45) is 6.13. The summed E-state index contributed by atoms with van der Waals surface area (Å²) in [6, 6.07) is 15.0. The van der Waals surface area contributed by atoms with Crippen LogP contribution in [-0.2, 0) is 15.0 Å². The third-order valence-corrected chi connectivity index (χ3v) is 6.53. The van der Waals surface area contributed by atoms with Gasteiger partial charge in [0, 0.05) is 18.7 Å². The molecule has 6 heteroatoms. The van der Waals surface area contributed by atoms with Gasteiger partial charge in [-0.15, -0.1) is 0 Å². The smallest absolute Gasteiger partial charge is 0.243 e. The first kappa shape index (κ1) is 20.9. The first-order valence-electron chi connectivity index (χ1n) is 11.0. The number of nitriles is 1. The molecule has 2 aromatic carbocycles. The fourth-order valence-corrected chi connectivity index (χ4v) is 4.58. The van der Waals surface area contributed by atoms with Gasteiger partial charge in [0.15, 0.2) is 0 Å². The summed E-state index contributed by atoms with van der Waals surface area (Å²) in [4.78, 5) is 25.8. The zero-order chi connectivity index (χ0) is 21.8. The molecule has 1 amide bonds. The average molecular weight is 417 g/mol. The van der Waals surface area contributed by atoms with E-state index in [1.165, 1.54) is 0 Å². The molecule has 3 N–H and O–H groups in total. The Morgan fingerprint density at radius 3 is 2.39 bits per heavy atom. The van der Waals surface area contributed by atoms with Gasteiger partial charge in [-0.1, -0.05) is 18.9 Å². The predicted octanol–water partition coefficient (Wildman–Crippen LogP) is 4.44. The van der Waals surface area contributed by atoms with Crippen molar-refractivity contribution in [1.82, 2.24) is 0 Å². The van der Waals surface area contributed by atoms with Crippen molar-refractivity contribution in [2.45, 2.75) is 43.9 Å². The number of Topliss-reactive ketones (excluding diaryl/α,β-unsaturated/α-hetero) is 1. The maximum Gasteiger partial charge on any atom is 0.243 e. The first-order valence-corrected chi connectivity index (χ1v) is 11.0. The van der Waals surface area contributed by atoms with Crippen LogP contribution in [0.25, 0.3) is 0 Å². The number of carbonyl (C=O) groups is 2. The van der Waals surface area contributed by atoms with E-state index in [4.69, 9.17) is 5.26 Å². The van der Waals surface area contributed by atoms with E-state index in [0.29, 0.717) is 17.0 Å². The summed E-state index contributed by atoms with van der Waals surface area (Å²) in [7, 11) is 1.82. The number of ketones is 1. The molecule has 0 atom stereocenters. The zero-order valence-corrected chi connectivity index (χ0v) is 17.8. The molecule has 2 fully saturated rings. The van der Waals surface area contributed by atoms with Gasteiger partial charge < -0.3 is 16.0 Å². The van der Waals surface area contributed by atoms with Gasteiger partial charge in [-0.25, -0.2) is 0 Å². The molecule has 160 valence electrons. The number of hydrogen-bond donors (Lipinski definition) is 3. The summed E-state index contributed by atoms with van der Waals surface area (Å²) in [5.41, 5.74) is 3.51. The third-order valence-electron chi connectivity index (χ3n) is 6.53. The van der Waals surface area contributed by atoms with Gasteiger partial charge in [0.25, 0.3) is 0 Å². The zero-order valence-electron chi connectivity index (χ0n) is 17.8. The summed E-state index contributed by atoms with van der Waals surface area (Å²) in [6.45, 7) is 0.103. The maximum atomic E-state index is 13.2. The van der Waals surface area contributed by atoms with Crippen LogP contribution in [0.5, 0.6) is 0 Å². The summed E-state index contributed by atoms with van der Waals surface area (Å²) in [5, 5.41) is 18.0. The van der Waals surface area contributed by atoms with E-state index >= 15 is 0 Å². The Morgan fingerprint density at radius 1 is 1.06 bits per heavy atom. The molecule has 2 saturated carbocycles. The first-order chi connectivity index (χ1) is 15.1. The number of rotatable bonds is 8. The van der Waals surface area contributed by atoms with Crippen LogP contribution >= 0.6 is 0 Å². The van der Waals surface area contributed by atoms with Crippen molar-refractivity contribution in [3.8, 4) is 6.07 Å². The number of hydrogen-bond acceptors (Lipinski definition) is 5. The molecular weight excluding hydrogens is 388 g/mol. The van der Waals surface area contributed by atoms with Crippen molar-refractivity contribution in [2.75, 3.05) is 29.5 Å². The summed E-state index contributed by atoms with van der Waals surface area (Å²) < 4.78 is 0. The lowest BCUT2D eigenvalue weighted by Crippen LogP contribution is -2.27. The van der Waals surface area contributed by atoms with Crippen LogP contribution in [0.3, 0.4) is 0 Å². The molecule has 0 saturated heterocycles. The van der Waals surface area contributed by atoms with Crippen molar-refractivity contribution < 1.29 is 9.59 Å². The van der Waals surface area contributed by atoms with Crippen LogP contribution < -0.4 is 16.0 Å². The topological polar surface area (TPSA) is 94.0 Å². The fraction of sp³-hybridized carbons (Fsp3) is 0.400. The Bertz CT molecular complexity index is 1010. The van der Waals surface area contributed by atoms with Crippen molar-refractivity contribution in [3.05, 3.63) is 53.6 Å². The summed E-state index contributed by atoms with van der Waals surface area (Å²) in [5.74, 6) is 0.410. The second-order valence-corrected chi connectivity index (χ2v) is 8.53. The molecule has 0 aromatic heterocycles. The van der Waals surface area contributed by atoms with Crippen LogP contribution in [0.15, 0.2) is 42.5 Å². The van der Waals surface area contributed by atoms with Crippen LogP contribution in [0.2, 0.25) is 0 Å². The standard InChI is InChI=1S/C25H28N4O2/c1-27-21-11-8-19(25(12-13-25)24(31)18-4-2-3-5-18)14-22(21)29-23(30)16-28-20-9-6-17(15-26)7-10-20/h6-11,14,18,27-28H,2-5,12-13,16H2,1H3,(H,29,30). The number of benzene rings is 2. The number of anilines is 3. The Hall–Kier alpha value is -3.33. The molecule has 6 nitrogen and oxygen atoms in total. The Morgan fingerprint density at radius 2 is 1.77 bits per heavy atom. The van der Waals surface area contributed by atoms with E-state index in [1.807, 2.05) is 25.2 Å². The minimum atomic E-state index is -0.360. The second-order valence-electron chi connectivity index (χ2n) is 8.53. The van der Waals surface area contributed by atoms with Gasteiger partial charge in [-0.05, 0) is 67.6 Å². The minimum absolute atomic E-state index is 0.103. The quantitative estimate of drug-likeness (QED) is 0.591. The van der Waals surface area contributed by atoms with Crippen LogP contribution in [0.4, 0.5) is 17.1 Å². The third kappa shape index (κ3) is 4.41. The van der Waals surface area contributed by atoms with Crippen LogP contribution in [-0.4, -0.2) is 25.3 Å². The molecule has 4 rings (SSSR count). The van der Waals surface area contributed by atoms with E-state index in [0.717, 1.165) is 55.5 Å². The molecule has 2 aliphatic carbocycles. The highest BCUT2D eigenvalue weighted by atomic mass is 16.2. The lowest BCUT2D eigenvalue weighted by molar-refractivity contribution is -0.125. The number of nitrogens with one attached hydrogen (secondary N) is 3. The van der Waals surface area contributed by atoms with Gasteiger partial charge in [0.05, 0.1) is 35.0 Å². The molecule has 2 aliphatic rings. The molecule has 2 aromatic rings. The van der Waals surface area contributed by atoms with E-state index in [2.05, 4.69) is 22.0 Å². The molecule has 0 radical (unpaired) electrons. The van der Waals surface area contributed by atoms with Gasteiger partial charge in [-0.3, -0.25) is 9.59 Å². The molecular formula is C25H28N4O2.